The van der Waals surface area contributed by atoms with Gasteiger partial charge in [-0.3, -0.25) is 9.69 Å². The van der Waals surface area contributed by atoms with Crippen molar-refractivity contribution in [3.63, 3.8) is 0 Å². The Hall–Kier alpha value is -3.04. The number of imidazole rings is 1. The van der Waals surface area contributed by atoms with E-state index >= 15 is 0 Å². The van der Waals surface area contributed by atoms with E-state index in [-0.39, 0.29) is 5.91 Å². The van der Waals surface area contributed by atoms with E-state index in [9.17, 15) is 4.79 Å². The van der Waals surface area contributed by atoms with Gasteiger partial charge in [0.25, 0.3) is 5.91 Å². The van der Waals surface area contributed by atoms with Gasteiger partial charge in [-0.05, 0) is 11.5 Å². The lowest BCUT2D eigenvalue weighted by molar-refractivity contribution is -0.131. The van der Waals surface area contributed by atoms with Crippen molar-refractivity contribution in [3.8, 4) is 11.8 Å². The average Bonchev–Trinajstić information content (AvgIpc) is 3.11. The summed E-state index contributed by atoms with van der Waals surface area (Å²) in [5.41, 5.74) is 3.25. The van der Waals surface area contributed by atoms with E-state index in [1.807, 2.05) is 40.9 Å². The second-order valence-corrected chi connectivity index (χ2v) is 7.38. The molecule has 0 unspecified atom stereocenters. The fourth-order valence-corrected chi connectivity index (χ4v) is 3.79. The van der Waals surface area contributed by atoms with Crippen LogP contribution in [0.25, 0.3) is 0 Å². The lowest BCUT2D eigenvalue weighted by atomic mass is 10.0. The Bertz CT molecular complexity index is 950. The molecule has 0 atom stereocenters. The van der Waals surface area contributed by atoms with Crippen molar-refractivity contribution < 1.29 is 4.79 Å². The maximum atomic E-state index is 13.1. The first-order chi connectivity index (χ1) is 13.6. The molecule has 4 rings (SSSR count). The predicted octanol–water partition coefficient (Wildman–Crippen LogP) is 1.66. The van der Waals surface area contributed by atoms with Crippen molar-refractivity contribution in [2.24, 2.45) is 7.05 Å². The number of hydrogen-bond donors (Lipinski definition) is 0. The molecule has 0 N–H and O–H groups in total. The van der Waals surface area contributed by atoms with Gasteiger partial charge in [0, 0.05) is 58.2 Å². The van der Waals surface area contributed by atoms with E-state index in [4.69, 9.17) is 0 Å². The zero-order chi connectivity index (χ0) is 19.5. The lowest BCUT2D eigenvalue weighted by Crippen LogP contribution is -2.50. The molecule has 2 aromatic rings. The maximum absolute atomic E-state index is 13.1. The molecule has 0 saturated heterocycles. The Morgan fingerprint density at radius 1 is 1.18 bits per heavy atom. The smallest absolute Gasteiger partial charge is 0.254 e. The van der Waals surface area contributed by atoms with Gasteiger partial charge in [-0.2, -0.15) is 0 Å². The van der Waals surface area contributed by atoms with E-state index in [1.54, 1.807) is 6.20 Å². The first kappa shape index (κ1) is 18.3. The Morgan fingerprint density at radius 3 is 2.75 bits per heavy atom. The van der Waals surface area contributed by atoms with Crippen LogP contribution in [0.3, 0.4) is 0 Å². The minimum absolute atomic E-state index is 0.152. The number of carbonyl (C=O) groups excluding carboxylic acids is 1. The minimum atomic E-state index is 0.152. The molecule has 6 nitrogen and oxygen atoms in total. The molecule has 0 fully saturated rings. The molecule has 1 aromatic heterocycles. The summed E-state index contributed by atoms with van der Waals surface area (Å²) in [4.78, 5) is 23.7. The molecule has 0 bridgehead atoms. The van der Waals surface area contributed by atoms with Crippen LogP contribution in [0.2, 0.25) is 0 Å². The first-order valence-corrected chi connectivity index (χ1v) is 9.56. The van der Waals surface area contributed by atoms with Crippen molar-refractivity contribution in [1.29, 1.82) is 0 Å². The van der Waals surface area contributed by atoms with Crippen LogP contribution >= 0.6 is 0 Å². The van der Waals surface area contributed by atoms with Gasteiger partial charge >= 0.3 is 0 Å². The quantitative estimate of drug-likeness (QED) is 0.766. The van der Waals surface area contributed by atoms with Crippen LogP contribution in [0.15, 0.2) is 54.0 Å². The third-order valence-electron chi connectivity index (χ3n) is 5.32. The molecular formula is C22H25N5O. The van der Waals surface area contributed by atoms with Crippen molar-refractivity contribution in [2.75, 3.05) is 33.4 Å². The zero-order valence-corrected chi connectivity index (χ0v) is 16.4. The molecule has 0 radical (unpaired) electrons. The lowest BCUT2D eigenvalue weighted by Gasteiger charge is -2.42. The van der Waals surface area contributed by atoms with Crippen LogP contribution in [0.4, 0.5) is 0 Å². The molecule has 144 valence electrons. The fraction of sp³-hybridized carbons (Fsp3) is 0.364. The third kappa shape index (κ3) is 3.80. The highest BCUT2D eigenvalue weighted by atomic mass is 16.2. The SMILES string of the molecule is CN1CN(Cc2ccccc2)C(=O)C2=C1CCN(CC#Cc1nccn1C)C2. The summed E-state index contributed by atoms with van der Waals surface area (Å²) in [6.45, 7) is 3.49. The summed E-state index contributed by atoms with van der Waals surface area (Å²) >= 11 is 0. The number of aromatic nitrogens is 2. The van der Waals surface area contributed by atoms with Crippen molar-refractivity contribution >= 4 is 5.91 Å². The highest BCUT2D eigenvalue weighted by Gasteiger charge is 2.33. The van der Waals surface area contributed by atoms with Gasteiger partial charge in [-0.1, -0.05) is 36.3 Å². The molecule has 2 aliphatic heterocycles. The Kier molecular flexibility index (Phi) is 5.18. The average molecular weight is 375 g/mol. The monoisotopic (exact) mass is 375 g/mol. The van der Waals surface area contributed by atoms with Crippen LogP contribution in [0, 0.1) is 11.8 Å². The highest BCUT2D eigenvalue weighted by Crippen LogP contribution is 2.27. The van der Waals surface area contributed by atoms with Gasteiger partial charge in [-0.25, -0.2) is 4.98 Å². The minimum Gasteiger partial charge on any atom is -0.360 e. The number of benzene rings is 1. The Balaban J connectivity index is 1.45. The number of carbonyl (C=O) groups is 1. The van der Waals surface area contributed by atoms with E-state index in [2.05, 4.69) is 45.8 Å². The summed E-state index contributed by atoms with van der Waals surface area (Å²) < 4.78 is 1.91. The molecule has 1 aromatic carbocycles. The van der Waals surface area contributed by atoms with E-state index in [0.29, 0.717) is 26.3 Å². The Labute approximate surface area is 166 Å². The predicted molar refractivity (Wildman–Crippen MR) is 108 cm³/mol. The fourth-order valence-electron chi connectivity index (χ4n) is 3.79. The van der Waals surface area contributed by atoms with Gasteiger partial charge in [0.15, 0.2) is 5.82 Å². The van der Waals surface area contributed by atoms with Crippen LogP contribution in [-0.4, -0.2) is 63.5 Å². The largest absolute Gasteiger partial charge is 0.360 e. The first-order valence-electron chi connectivity index (χ1n) is 9.56. The molecule has 28 heavy (non-hydrogen) atoms. The van der Waals surface area contributed by atoms with E-state index in [0.717, 1.165) is 29.9 Å². The van der Waals surface area contributed by atoms with Crippen LogP contribution in [0.1, 0.15) is 17.8 Å². The number of aryl methyl sites for hydroxylation is 1. The topological polar surface area (TPSA) is 44.6 Å². The van der Waals surface area contributed by atoms with Crippen molar-refractivity contribution in [2.45, 2.75) is 13.0 Å². The summed E-state index contributed by atoms with van der Waals surface area (Å²) in [5, 5.41) is 0. The van der Waals surface area contributed by atoms with Gasteiger partial charge in [0.1, 0.15) is 0 Å². The van der Waals surface area contributed by atoms with E-state index in [1.165, 1.54) is 5.70 Å². The molecule has 0 aliphatic carbocycles. The molecule has 0 saturated carbocycles. The summed E-state index contributed by atoms with van der Waals surface area (Å²) in [5.74, 6) is 7.23. The van der Waals surface area contributed by atoms with Gasteiger partial charge in [0.2, 0.25) is 0 Å². The van der Waals surface area contributed by atoms with Crippen molar-refractivity contribution in [3.05, 3.63) is 65.4 Å². The number of amides is 1. The molecule has 0 spiro atoms. The zero-order valence-electron chi connectivity index (χ0n) is 16.4. The summed E-state index contributed by atoms with van der Waals surface area (Å²) in [6, 6.07) is 10.2. The van der Waals surface area contributed by atoms with Gasteiger partial charge in [0.05, 0.1) is 18.8 Å². The Morgan fingerprint density at radius 2 is 2.00 bits per heavy atom. The summed E-state index contributed by atoms with van der Waals surface area (Å²) in [6.07, 6.45) is 4.53. The third-order valence-corrected chi connectivity index (χ3v) is 5.32. The van der Waals surface area contributed by atoms with Gasteiger partial charge < -0.3 is 14.4 Å². The van der Waals surface area contributed by atoms with Crippen molar-refractivity contribution in [1.82, 2.24) is 24.3 Å². The van der Waals surface area contributed by atoms with Crippen LogP contribution in [0.5, 0.6) is 0 Å². The summed E-state index contributed by atoms with van der Waals surface area (Å²) in [7, 11) is 4.02. The maximum Gasteiger partial charge on any atom is 0.254 e. The molecule has 6 heteroatoms. The number of rotatable bonds is 3. The molecule has 2 aliphatic rings. The molecular weight excluding hydrogens is 350 g/mol. The highest BCUT2D eigenvalue weighted by molar-refractivity contribution is 5.95. The van der Waals surface area contributed by atoms with Crippen LogP contribution in [-0.2, 0) is 18.4 Å². The second-order valence-electron chi connectivity index (χ2n) is 7.38. The second kappa shape index (κ2) is 7.91. The van der Waals surface area contributed by atoms with Gasteiger partial charge in [-0.15, -0.1) is 0 Å². The van der Waals surface area contributed by atoms with E-state index < -0.39 is 0 Å². The normalized spacial score (nSPS) is 17.4. The number of nitrogens with zero attached hydrogens (tertiary/aromatic N) is 5. The standard InChI is InChI=1S/C22H25N5O/c1-24-14-11-23-21(24)9-6-12-26-13-10-20-19(16-26)22(28)27(17-25(20)2)15-18-7-4-3-5-8-18/h3-5,7-8,11,14H,10,12-13,15-17H2,1-2H3. The molecule has 3 heterocycles. The molecule has 1 amide bonds. The van der Waals surface area contributed by atoms with Crippen LogP contribution < -0.4 is 0 Å². The number of hydrogen-bond acceptors (Lipinski definition) is 4.